The number of fused-ring (bicyclic) bond motifs is 1. The van der Waals surface area contributed by atoms with Gasteiger partial charge < -0.3 is 39.1 Å². The molecule has 3 aromatic rings. The molecule has 1 aliphatic heterocycles. The van der Waals surface area contributed by atoms with Crippen LogP contribution in [0.5, 0.6) is 11.5 Å². The van der Waals surface area contributed by atoms with E-state index < -0.39 is 42.9 Å². The number of aliphatic hydroxyl groups excluding tert-OH is 4. The molecule has 31 heavy (non-hydrogen) atoms. The molecule has 0 saturated carbocycles. The summed E-state index contributed by atoms with van der Waals surface area (Å²) in [4.78, 5) is 12.1. The zero-order valence-electron chi connectivity index (χ0n) is 16.5. The summed E-state index contributed by atoms with van der Waals surface area (Å²) in [6.45, 7) is -0.567. The smallest absolute Gasteiger partial charge is 0.336 e. The van der Waals surface area contributed by atoms with Gasteiger partial charge in [0.2, 0.25) is 6.29 Å². The van der Waals surface area contributed by atoms with Crippen molar-refractivity contribution in [2.75, 3.05) is 13.7 Å². The number of hydrogen-bond donors (Lipinski definition) is 4. The van der Waals surface area contributed by atoms with Crippen LogP contribution in [0, 0.1) is 0 Å². The van der Waals surface area contributed by atoms with Gasteiger partial charge in [-0.05, 0) is 35.4 Å². The highest BCUT2D eigenvalue weighted by atomic mass is 16.7. The van der Waals surface area contributed by atoms with Gasteiger partial charge in [-0.15, -0.1) is 0 Å². The summed E-state index contributed by atoms with van der Waals surface area (Å²) in [5.74, 6) is 0.887. The summed E-state index contributed by atoms with van der Waals surface area (Å²) in [5, 5.41) is 39.9. The second-order valence-corrected chi connectivity index (χ2v) is 7.18. The Morgan fingerprint density at radius 1 is 0.935 bits per heavy atom. The molecule has 9 heteroatoms. The van der Waals surface area contributed by atoms with Crippen LogP contribution in [0.2, 0.25) is 0 Å². The molecule has 4 N–H and O–H groups in total. The maximum atomic E-state index is 12.1. The predicted molar refractivity (Wildman–Crippen MR) is 109 cm³/mol. The Hall–Kier alpha value is -2.95. The topological polar surface area (TPSA) is 139 Å². The van der Waals surface area contributed by atoms with Crippen LogP contribution in [0.4, 0.5) is 0 Å². The van der Waals surface area contributed by atoms with Crippen molar-refractivity contribution in [2.24, 2.45) is 0 Å². The Bertz CT molecular complexity index is 1110. The van der Waals surface area contributed by atoms with E-state index in [1.807, 2.05) is 12.1 Å². The number of aliphatic hydroxyl groups is 4. The second-order valence-electron chi connectivity index (χ2n) is 7.18. The first kappa shape index (κ1) is 21.3. The van der Waals surface area contributed by atoms with Gasteiger partial charge in [-0.25, -0.2) is 4.79 Å². The standard InChI is InChI=1S/C22H22O9/c1-28-12-4-2-11(3-5-12)15-9-18(24)30-16-8-13(6-7-14(15)16)29-22-21(27)20(26)19(25)17(10-23)31-22/h2-9,17,19-23,25-27H,10H2,1H3/t17-,19-,20+,21-,22+/m1/s1. The van der Waals surface area contributed by atoms with Crippen LogP contribution >= 0.6 is 0 Å². The lowest BCUT2D eigenvalue weighted by Gasteiger charge is -2.39. The molecule has 1 aromatic heterocycles. The van der Waals surface area contributed by atoms with E-state index in [1.54, 1.807) is 31.4 Å². The highest BCUT2D eigenvalue weighted by Crippen LogP contribution is 2.32. The Balaban J connectivity index is 1.66. The van der Waals surface area contributed by atoms with Crippen molar-refractivity contribution in [2.45, 2.75) is 30.7 Å². The summed E-state index contributed by atoms with van der Waals surface area (Å²) < 4.78 is 21.4. The van der Waals surface area contributed by atoms with E-state index in [4.69, 9.17) is 18.6 Å². The van der Waals surface area contributed by atoms with Crippen molar-refractivity contribution < 1.29 is 39.1 Å². The third-order valence-electron chi connectivity index (χ3n) is 5.22. The SMILES string of the molecule is COc1ccc(-c2cc(=O)oc3cc(O[C@H]4O[C@H](CO)[C@@H](O)[C@H](O)[C@H]4O)ccc23)cc1. The van der Waals surface area contributed by atoms with Gasteiger partial charge in [-0.2, -0.15) is 0 Å². The van der Waals surface area contributed by atoms with Gasteiger partial charge in [-0.3, -0.25) is 0 Å². The Morgan fingerprint density at radius 2 is 1.65 bits per heavy atom. The lowest BCUT2D eigenvalue weighted by atomic mass is 9.99. The normalized spacial score (nSPS) is 26.0. The first-order valence-electron chi connectivity index (χ1n) is 9.61. The number of rotatable bonds is 5. The Kier molecular flexibility index (Phi) is 5.94. The molecule has 1 fully saturated rings. The molecule has 0 bridgehead atoms. The maximum absolute atomic E-state index is 12.1. The van der Waals surface area contributed by atoms with Crippen LogP contribution in [0.3, 0.4) is 0 Å². The van der Waals surface area contributed by atoms with Crippen molar-refractivity contribution in [3.63, 3.8) is 0 Å². The van der Waals surface area contributed by atoms with Crippen molar-refractivity contribution in [3.8, 4) is 22.6 Å². The van der Waals surface area contributed by atoms with E-state index in [1.165, 1.54) is 12.1 Å². The average molecular weight is 430 g/mol. The first-order valence-corrected chi connectivity index (χ1v) is 9.61. The molecule has 164 valence electrons. The van der Waals surface area contributed by atoms with Crippen LogP contribution in [-0.4, -0.2) is 64.8 Å². The molecule has 1 aliphatic rings. The van der Waals surface area contributed by atoms with Crippen LogP contribution in [-0.2, 0) is 4.74 Å². The van der Waals surface area contributed by atoms with Gasteiger partial charge >= 0.3 is 5.63 Å². The largest absolute Gasteiger partial charge is 0.497 e. The first-order chi connectivity index (χ1) is 14.9. The van der Waals surface area contributed by atoms with Crippen molar-refractivity contribution >= 4 is 11.0 Å². The van der Waals surface area contributed by atoms with E-state index in [2.05, 4.69) is 0 Å². The summed E-state index contributed by atoms with van der Waals surface area (Å²) in [7, 11) is 1.57. The number of ether oxygens (including phenoxy) is 3. The zero-order chi connectivity index (χ0) is 22.1. The highest BCUT2D eigenvalue weighted by molar-refractivity contribution is 5.93. The van der Waals surface area contributed by atoms with E-state index in [9.17, 15) is 25.2 Å². The molecule has 1 saturated heterocycles. The minimum Gasteiger partial charge on any atom is -0.497 e. The molecule has 0 aliphatic carbocycles. The van der Waals surface area contributed by atoms with E-state index in [-0.39, 0.29) is 11.3 Å². The van der Waals surface area contributed by atoms with E-state index in [0.717, 1.165) is 5.56 Å². The van der Waals surface area contributed by atoms with Crippen molar-refractivity contribution in [1.82, 2.24) is 0 Å². The maximum Gasteiger partial charge on any atom is 0.336 e. The van der Waals surface area contributed by atoms with Crippen molar-refractivity contribution in [1.29, 1.82) is 0 Å². The molecule has 0 unspecified atom stereocenters. The van der Waals surface area contributed by atoms with E-state index in [0.29, 0.717) is 16.7 Å². The van der Waals surface area contributed by atoms with E-state index >= 15 is 0 Å². The minimum absolute atomic E-state index is 0.201. The molecule has 0 amide bonds. The fraction of sp³-hybridized carbons (Fsp3) is 0.318. The fourth-order valence-electron chi connectivity index (χ4n) is 3.52. The van der Waals surface area contributed by atoms with Gasteiger partial charge in [0, 0.05) is 17.5 Å². The van der Waals surface area contributed by atoms with Gasteiger partial charge in [0.05, 0.1) is 13.7 Å². The molecule has 2 heterocycles. The van der Waals surface area contributed by atoms with Gasteiger partial charge in [0.15, 0.2) is 0 Å². The van der Waals surface area contributed by atoms with Gasteiger partial charge in [0.1, 0.15) is 41.5 Å². The van der Waals surface area contributed by atoms with Crippen LogP contribution < -0.4 is 15.1 Å². The second kappa shape index (κ2) is 8.66. The number of hydrogen-bond acceptors (Lipinski definition) is 9. The average Bonchev–Trinajstić information content (AvgIpc) is 2.78. The Labute approximate surface area is 176 Å². The summed E-state index contributed by atoms with van der Waals surface area (Å²) >= 11 is 0. The van der Waals surface area contributed by atoms with Gasteiger partial charge in [0.25, 0.3) is 0 Å². The highest BCUT2D eigenvalue weighted by Gasteiger charge is 2.44. The zero-order valence-corrected chi connectivity index (χ0v) is 16.5. The monoisotopic (exact) mass is 430 g/mol. The lowest BCUT2D eigenvalue weighted by molar-refractivity contribution is -0.277. The lowest BCUT2D eigenvalue weighted by Crippen LogP contribution is -2.60. The summed E-state index contributed by atoms with van der Waals surface area (Å²) in [6.07, 6.45) is -7.03. The molecule has 0 radical (unpaired) electrons. The number of methoxy groups -OCH3 is 1. The molecule has 9 nitrogen and oxygen atoms in total. The predicted octanol–water partition coefficient (Wildman–Crippen LogP) is 0.647. The quantitative estimate of drug-likeness (QED) is 0.430. The Morgan fingerprint density at radius 3 is 2.32 bits per heavy atom. The fourth-order valence-corrected chi connectivity index (χ4v) is 3.52. The third kappa shape index (κ3) is 4.14. The van der Waals surface area contributed by atoms with Gasteiger partial charge in [-0.1, -0.05) is 12.1 Å². The molecule has 4 rings (SSSR count). The molecule has 5 atom stereocenters. The minimum atomic E-state index is -1.56. The van der Waals surface area contributed by atoms with Crippen LogP contribution in [0.15, 0.2) is 57.7 Å². The van der Waals surface area contributed by atoms with Crippen molar-refractivity contribution in [3.05, 3.63) is 59.0 Å². The molecular weight excluding hydrogens is 408 g/mol. The molecule has 0 spiro atoms. The third-order valence-corrected chi connectivity index (χ3v) is 5.22. The molecule has 2 aromatic carbocycles. The van der Waals surface area contributed by atoms with Crippen LogP contribution in [0.1, 0.15) is 0 Å². The summed E-state index contributed by atoms with van der Waals surface area (Å²) in [6, 6.07) is 13.4. The van der Waals surface area contributed by atoms with Crippen LogP contribution in [0.25, 0.3) is 22.1 Å². The molecular formula is C22H22O9. The summed E-state index contributed by atoms with van der Waals surface area (Å²) in [5.41, 5.74) is 1.15. The number of benzene rings is 2.